The Morgan fingerprint density at radius 3 is 2.73 bits per heavy atom. The molecule has 0 aromatic heterocycles. The number of amides is 1. The fourth-order valence-electron chi connectivity index (χ4n) is 4.18. The monoisotopic (exact) mass is 349 g/mol. The molecule has 0 fully saturated rings. The molecular weight excluding hydrogens is 330 g/mol. The van der Waals surface area contributed by atoms with Crippen LogP contribution in [0.1, 0.15) is 24.0 Å². The molecular formula is C21H19NO4. The van der Waals surface area contributed by atoms with Crippen LogP contribution in [0.2, 0.25) is 0 Å². The second-order valence-corrected chi connectivity index (χ2v) is 6.80. The highest BCUT2D eigenvalue weighted by Crippen LogP contribution is 2.54. The Kier molecular flexibility index (Phi) is 3.26. The molecule has 3 aliphatic heterocycles. The number of hydrogen-bond donors (Lipinski definition) is 0. The molecule has 0 saturated carbocycles. The van der Waals surface area contributed by atoms with E-state index in [1.165, 1.54) is 0 Å². The van der Waals surface area contributed by atoms with Crippen LogP contribution in [-0.2, 0) is 10.2 Å². The van der Waals surface area contributed by atoms with Gasteiger partial charge in [0.05, 0.1) is 0 Å². The van der Waals surface area contributed by atoms with E-state index in [-0.39, 0.29) is 12.7 Å². The Morgan fingerprint density at radius 1 is 1.08 bits per heavy atom. The maximum atomic E-state index is 13.6. The summed E-state index contributed by atoms with van der Waals surface area (Å²) in [5, 5.41) is 0. The Balaban J connectivity index is 1.64. The zero-order valence-electron chi connectivity index (χ0n) is 14.4. The van der Waals surface area contributed by atoms with Gasteiger partial charge in [-0.15, -0.1) is 6.58 Å². The van der Waals surface area contributed by atoms with Crippen LogP contribution in [0.5, 0.6) is 17.2 Å². The first kappa shape index (κ1) is 15.3. The van der Waals surface area contributed by atoms with Gasteiger partial charge in [0.1, 0.15) is 17.8 Å². The lowest BCUT2D eigenvalue weighted by Crippen LogP contribution is -2.42. The highest BCUT2D eigenvalue weighted by Gasteiger charge is 2.57. The molecule has 0 saturated heterocycles. The van der Waals surface area contributed by atoms with Crippen LogP contribution in [0.15, 0.2) is 49.1 Å². The number of ether oxygens (including phenoxy) is 3. The summed E-state index contributed by atoms with van der Waals surface area (Å²) in [5.41, 5.74) is 2.03. The van der Waals surface area contributed by atoms with Crippen LogP contribution in [-0.4, -0.2) is 25.9 Å². The van der Waals surface area contributed by atoms with Crippen molar-refractivity contribution < 1.29 is 19.0 Å². The minimum absolute atomic E-state index is 0.0698. The Morgan fingerprint density at radius 2 is 1.88 bits per heavy atom. The molecule has 0 radical (unpaired) electrons. The predicted octanol–water partition coefficient (Wildman–Crippen LogP) is 3.41. The Bertz CT molecular complexity index is 922. The predicted molar refractivity (Wildman–Crippen MR) is 97.1 cm³/mol. The Hall–Kier alpha value is -2.95. The average Bonchev–Trinajstić information content (AvgIpc) is 3.33. The maximum Gasteiger partial charge on any atom is 0.245 e. The summed E-state index contributed by atoms with van der Waals surface area (Å²) in [6, 6.07) is 11.7. The number of para-hydroxylation sites is 1. The second kappa shape index (κ2) is 5.53. The van der Waals surface area contributed by atoms with Crippen molar-refractivity contribution in [2.75, 3.05) is 24.8 Å². The van der Waals surface area contributed by atoms with Gasteiger partial charge in [-0.1, -0.05) is 24.3 Å². The van der Waals surface area contributed by atoms with Crippen molar-refractivity contribution in [2.24, 2.45) is 0 Å². The third kappa shape index (κ3) is 1.88. The van der Waals surface area contributed by atoms with E-state index in [0.717, 1.165) is 29.7 Å². The van der Waals surface area contributed by atoms with Crippen LogP contribution in [0.3, 0.4) is 0 Å². The molecule has 5 rings (SSSR count). The van der Waals surface area contributed by atoms with E-state index < -0.39 is 5.41 Å². The van der Waals surface area contributed by atoms with E-state index in [0.29, 0.717) is 30.4 Å². The third-order valence-corrected chi connectivity index (χ3v) is 5.43. The number of nitrogens with zero attached hydrogens (tertiary/aromatic N) is 1. The smallest absolute Gasteiger partial charge is 0.245 e. The molecule has 1 amide bonds. The summed E-state index contributed by atoms with van der Waals surface area (Å²) in [6.07, 6.45) is 3.65. The second-order valence-electron chi connectivity index (χ2n) is 6.80. The number of carbonyl (C=O) groups excluding carboxylic acids is 1. The minimum Gasteiger partial charge on any atom is -0.491 e. The molecule has 0 aliphatic carbocycles. The Labute approximate surface area is 151 Å². The first-order valence-corrected chi connectivity index (χ1v) is 8.85. The maximum absolute atomic E-state index is 13.6. The summed E-state index contributed by atoms with van der Waals surface area (Å²) >= 11 is 0. The zero-order chi connectivity index (χ0) is 17.7. The van der Waals surface area contributed by atoms with Crippen molar-refractivity contribution in [1.29, 1.82) is 0 Å². The normalized spacial score (nSPS) is 21.7. The van der Waals surface area contributed by atoms with Crippen molar-refractivity contribution in [3.05, 3.63) is 60.2 Å². The van der Waals surface area contributed by atoms with Gasteiger partial charge in [0.25, 0.3) is 0 Å². The van der Waals surface area contributed by atoms with Gasteiger partial charge in [-0.25, -0.2) is 0 Å². The van der Waals surface area contributed by atoms with E-state index in [2.05, 4.69) is 6.58 Å². The van der Waals surface area contributed by atoms with Crippen LogP contribution >= 0.6 is 0 Å². The molecule has 132 valence electrons. The number of rotatable bonds is 4. The molecule has 3 aliphatic rings. The summed E-state index contributed by atoms with van der Waals surface area (Å²) in [7, 11) is 0. The minimum atomic E-state index is -0.804. The summed E-state index contributed by atoms with van der Waals surface area (Å²) in [5.74, 6) is 2.11. The van der Waals surface area contributed by atoms with Gasteiger partial charge < -0.3 is 19.1 Å². The lowest BCUT2D eigenvalue weighted by molar-refractivity contribution is -0.122. The fourth-order valence-corrected chi connectivity index (χ4v) is 4.18. The van der Waals surface area contributed by atoms with Crippen LogP contribution in [0, 0.1) is 0 Å². The molecule has 1 unspecified atom stereocenters. The van der Waals surface area contributed by atoms with Gasteiger partial charge in [0.2, 0.25) is 12.7 Å². The van der Waals surface area contributed by atoms with Crippen molar-refractivity contribution in [2.45, 2.75) is 18.3 Å². The molecule has 5 heteroatoms. The van der Waals surface area contributed by atoms with Gasteiger partial charge in [0.15, 0.2) is 11.5 Å². The molecule has 0 N–H and O–H groups in total. The zero-order valence-corrected chi connectivity index (χ0v) is 14.4. The van der Waals surface area contributed by atoms with Gasteiger partial charge in [-0.2, -0.15) is 0 Å². The number of carbonyl (C=O) groups is 1. The quantitative estimate of drug-likeness (QED) is 0.627. The topological polar surface area (TPSA) is 48.0 Å². The van der Waals surface area contributed by atoms with Crippen LogP contribution in [0.25, 0.3) is 0 Å². The standard InChI is InChI=1S/C21H19NO4/c1-2-3-6-9-22-16-8-5-4-7-14(16)21(20(22)23)12-24-17-11-19-18(10-15(17)21)25-13-26-19/h2,4-5,7-8,10-11H,1,3,6,9,12-13H2. The third-order valence-electron chi connectivity index (χ3n) is 5.43. The van der Waals surface area contributed by atoms with Crippen molar-refractivity contribution >= 4 is 11.6 Å². The fraction of sp³-hybridized carbons (Fsp3) is 0.286. The first-order valence-electron chi connectivity index (χ1n) is 8.85. The van der Waals surface area contributed by atoms with Crippen molar-refractivity contribution in [3.63, 3.8) is 0 Å². The highest BCUT2D eigenvalue weighted by atomic mass is 16.7. The molecule has 0 bridgehead atoms. The van der Waals surface area contributed by atoms with Crippen LogP contribution < -0.4 is 19.1 Å². The van der Waals surface area contributed by atoms with E-state index >= 15 is 0 Å². The highest BCUT2D eigenvalue weighted by molar-refractivity contribution is 6.11. The number of hydrogen-bond acceptors (Lipinski definition) is 4. The number of unbranched alkanes of at least 4 members (excludes halogenated alkanes) is 1. The largest absolute Gasteiger partial charge is 0.491 e. The van der Waals surface area contributed by atoms with E-state index in [1.54, 1.807) is 0 Å². The summed E-state index contributed by atoms with van der Waals surface area (Å²) in [4.78, 5) is 15.5. The SMILES string of the molecule is C=CCCCN1C(=O)C2(COc3cc4c(cc32)OCO4)c2ccccc21. The number of anilines is 1. The lowest BCUT2D eigenvalue weighted by Gasteiger charge is -2.23. The van der Waals surface area contributed by atoms with E-state index in [1.807, 2.05) is 47.4 Å². The molecule has 2 aromatic rings. The lowest BCUT2D eigenvalue weighted by atomic mass is 9.77. The number of fused-ring (bicyclic) bond motifs is 5. The summed E-state index contributed by atoms with van der Waals surface area (Å²) in [6.45, 7) is 4.95. The number of benzene rings is 2. The molecule has 2 aromatic carbocycles. The average molecular weight is 349 g/mol. The van der Waals surface area contributed by atoms with Crippen molar-refractivity contribution in [1.82, 2.24) is 0 Å². The van der Waals surface area contributed by atoms with Gasteiger partial charge in [-0.3, -0.25) is 4.79 Å². The van der Waals surface area contributed by atoms with Gasteiger partial charge >= 0.3 is 0 Å². The molecule has 26 heavy (non-hydrogen) atoms. The van der Waals surface area contributed by atoms with E-state index in [9.17, 15) is 4.79 Å². The first-order chi connectivity index (χ1) is 12.8. The van der Waals surface area contributed by atoms with E-state index in [4.69, 9.17) is 14.2 Å². The molecule has 1 atom stereocenters. The van der Waals surface area contributed by atoms with Crippen molar-refractivity contribution in [3.8, 4) is 17.2 Å². The van der Waals surface area contributed by atoms with Gasteiger partial charge in [0, 0.05) is 23.9 Å². The number of allylic oxidation sites excluding steroid dienone is 1. The van der Waals surface area contributed by atoms with Crippen LogP contribution in [0.4, 0.5) is 5.69 Å². The summed E-state index contributed by atoms with van der Waals surface area (Å²) < 4.78 is 17.0. The molecule has 5 nitrogen and oxygen atoms in total. The molecule has 3 heterocycles. The molecule has 1 spiro atoms. The van der Waals surface area contributed by atoms with Gasteiger partial charge in [-0.05, 0) is 30.5 Å².